The second-order valence-corrected chi connectivity index (χ2v) is 6.68. The number of urea groups is 1. The summed E-state index contributed by atoms with van der Waals surface area (Å²) in [6, 6.07) is 14.2. The number of piperazine rings is 1. The quantitative estimate of drug-likeness (QED) is 0.902. The monoisotopic (exact) mass is 353 g/mol. The van der Waals surface area contributed by atoms with Crippen molar-refractivity contribution in [2.24, 2.45) is 0 Å². The summed E-state index contributed by atoms with van der Waals surface area (Å²) < 4.78 is 5.73. The molecule has 3 rings (SSSR count). The first-order valence-corrected chi connectivity index (χ1v) is 9.18. The number of benzene rings is 2. The molecule has 0 radical (unpaired) electrons. The Kier molecular flexibility index (Phi) is 5.66. The highest BCUT2D eigenvalue weighted by molar-refractivity contribution is 5.89. The van der Waals surface area contributed by atoms with Gasteiger partial charge in [0, 0.05) is 31.9 Å². The lowest BCUT2D eigenvalue weighted by Gasteiger charge is -2.36. The van der Waals surface area contributed by atoms with Gasteiger partial charge in [-0.25, -0.2) is 4.79 Å². The molecule has 1 saturated heterocycles. The molecule has 1 aliphatic heterocycles. The zero-order valence-electron chi connectivity index (χ0n) is 15.8. The van der Waals surface area contributed by atoms with Crippen LogP contribution >= 0.6 is 0 Å². The Morgan fingerprint density at radius 3 is 2.35 bits per heavy atom. The standard InChI is InChI=1S/C21H27N3O2/c1-4-26-20-8-6-5-7-19(20)23-9-11-24(12-10-23)21(25)22-18-14-16(2)13-17(3)15-18/h5-8,13-15H,4,9-12H2,1-3H3,(H,22,25). The van der Waals surface area contributed by atoms with Gasteiger partial charge in [-0.15, -0.1) is 0 Å². The number of hydrogen-bond donors (Lipinski definition) is 1. The maximum atomic E-state index is 12.6. The van der Waals surface area contributed by atoms with Gasteiger partial charge < -0.3 is 19.9 Å². The SMILES string of the molecule is CCOc1ccccc1N1CCN(C(=O)Nc2cc(C)cc(C)c2)CC1. The minimum absolute atomic E-state index is 0.0345. The topological polar surface area (TPSA) is 44.8 Å². The van der Waals surface area contributed by atoms with Gasteiger partial charge in [-0.3, -0.25) is 0 Å². The number of hydrogen-bond acceptors (Lipinski definition) is 3. The predicted octanol–water partition coefficient (Wildman–Crippen LogP) is 4.06. The molecule has 0 unspecified atom stereocenters. The van der Waals surface area contributed by atoms with E-state index in [4.69, 9.17) is 4.74 Å². The molecule has 0 saturated carbocycles. The van der Waals surface area contributed by atoms with Gasteiger partial charge >= 0.3 is 6.03 Å². The molecule has 1 fully saturated rings. The summed E-state index contributed by atoms with van der Waals surface area (Å²) in [5.74, 6) is 0.906. The summed E-state index contributed by atoms with van der Waals surface area (Å²) in [6.07, 6.45) is 0. The van der Waals surface area contributed by atoms with Gasteiger partial charge in [-0.1, -0.05) is 18.2 Å². The summed E-state index contributed by atoms with van der Waals surface area (Å²) in [5.41, 5.74) is 4.26. The van der Waals surface area contributed by atoms with Gasteiger partial charge in [-0.05, 0) is 56.2 Å². The van der Waals surface area contributed by atoms with Crippen molar-refractivity contribution in [2.45, 2.75) is 20.8 Å². The van der Waals surface area contributed by atoms with E-state index in [0.717, 1.165) is 41.3 Å². The number of anilines is 2. The van der Waals surface area contributed by atoms with Crippen molar-refractivity contribution < 1.29 is 9.53 Å². The van der Waals surface area contributed by atoms with Gasteiger partial charge in [0.2, 0.25) is 0 Å². The van der Waals surface area contributed by atoms with Gasteiger partial charge in [0.1, 0.15) is 5.75 Å². The second kappa shape index (κ2) is 8.13. The lowest BCUT2D eigenvalue weighted by molar-refractivity contribution is 0.208. The minimum Gasteiger partial charge on any atom is -0.492 e. The Morgan fingerprint density at radius 1 is 1.04 bits per heavy atom. The largest absolute Gasteiger partial charge is 0.492 e. The highest BCUT2D eigenvalue weighted by Crippen LogP contribution is 2.28. The first kappa shape index (κ1) is 18.1. The maximum absolute atomic E-state index is 12.6. The summed E-state index contributed by atoms with van der Waals surface area (Å²) in [4.78, 5) is 16.7. The zero-order valence-corrected chi connectivity index (χ0v) is 15.8. The molecule has 138 valence electrons. The van der Waals surface area contributed by atoms with Crippen LogP contribution in [0.3, 0.4) is 0 Å². The van der Waals surface area contributed by atoms with Crippen molar-refractivity contribution in [3.05, 3.63) is 53.6 Å². The summed E-state index contributed by atoms with van der Waals surface area (Å²) in [7, 11) is 0. The Hall–Kier alpha value is -2.69. The normalized spacial score (nSPS) is 14.3. The predicted molar refractivity (Wildman–Crippen MR) is 106 cm³/mol. The fourth-order valence-corrected chi connectivity index (χ4v) is 3.40. The number of para-hydroxylation sites is 2. The molecule has 0 bridgehead atoms. The van der Waals surface area contributed by atoms with Crippen LogP contribution in [0.4, 0.5) is 16.2 Å². The molecular formula is C21H27N3O2. The second-order valence-electron chi connectivity index (χ2n) is 6.68. The fraction of sp³-hybridized carbons (Fsp3) is 0.381. The Balaban J connectivity index is 1.60. The Morgan fingerprint density at radius 2 is 1.69 bits per heavy atom. The van der Waals surface area contributed by atoms with E-state index in [1.165, 1.54) is 0 Å². The molecule has 0 spiro atoms. The van der Waals surface area contributed by atoms with Crippen molar-refractivity contribution in [3.8, 4) is 5.75 Å². The third-order valence-electron chi connectivity index (χ3n) is 4.55. The molecule has 1 heterocycles. The van der Waals surface area contributed by atoms with Crippen molar-refractivity contribution in [1.29, 1.82) is 0 Å². The van der Waals surface area contributed by atoms with E-state index in [9.17, 15) is 4.79 Å². The van der Waals surface area contributed by atoms with Crippen LogP contribution in [0, 0.1) is 13.8 Å². The molecular weight excluding hydrogens is 326 g/mol. The van der Waals surface area contributed by atoms with E-state index in [1.54, 1.807) is 0 Å². The summed E-state index contributed by atoms with van der Waals surface area (Å²) in [5, 5.41) is 3.02. The van der Waals surface area contributed by atoms with Gasteiger partial charge in [0.15, 0.2) is 0 Å². The third-order valence-corrected chi connectivity index (χ3v) is 4.55. The van der Waals surface area contributed by atoms with Crippen molar-refractivity contribution in [2.75, 3.05) is 43.0 Å². The third kappa shape index (κ3) is 4.28. The first-order chi connectivity index (χ1) is 12.6. The zero-order chi connectivity index (χ0) is 18.5. The highest BCUT2D eigenvalue weighted by atomic mass is 16.5. The molecule has 26 heavy (non-hydrogen) atoms. The smallest absolute Gasteiger partial charge is 0.321 e. The van der Waals surface area contributed by atoms with Gasteiger partial charge in [-0.2, -0.15) is 0 Å². The van der Waals surface area contributed by atoms with E-state index < -0.39 is 0 Å². The molecule has 2 aromatic rings. The lowest BCUT2D eigenvalue weighted by atomic mass is 10.1. The molecule has 5 nitrogen and oxygen atoms in total. The van der Waals surface area contributed by atoms with Crippen LogP contribution in [0.2, 0.25) is 0 Å². The molecule has 2 amide bonds. The van der Waals surface area contributed by atoms with Gasteiger partial charge in [0.25, 0.3) is 0 Å². The lowest BCUT2D eigenvalue weighted by Crippen LogP contribution is -2.50. The number of carbonyl (C=O) groups excluding carboxylic acids is 1. The molecule has 0 aliphatic carbocycles. The van der Waals surface area contributed by atoms with Crippen molar-refractivity contribution in [1.82, 2.24) is 4.90 Å². The highest BCUT2D eigenvalue weighted by Gasteiger charge is 2.23. The van der Waals surface area contributed by atoms with Crippen LogP contribution in [0.15, 0.2) is 42.5 Å². The fourth-order valence-electron chi connectivity index (χ4n) is 3.40. The number of nitrogens with zero attached hydrogens (tertiary/aromatic N) is 2. The van der Waals surface area contributed by atoms with E-state index >= 15 is 0 Å². The number of nitrogens with one attached hydrogen (secondary N) is 1. The van der Waals surface area contributed by atoms with E-state index in [1.807, 2.05) is 56.0 Å². The van der Waals surface area contributed by atoms with Crippen LogP contribution in [-0.2, 0) is 0 Å². The number of carbonyl (C=O) groups is 1. The first-order valence-electron chi connectivity index (χ1n) is 9.18. The van der Waals surface area contributed by atoms with Crippen LogP contribution in [0.1, 0.15) is 18.1 Å². The minimum atomic E-state index is -0.0345. The Labute approximate surface area is 155 Å². The average molecular weight is 353 g/mol. The van der Waals surface area contributed by atoms with Crippen LogP contribution in [0.5, 0.6) is 5.75 Å². The molecule has 2 aromatic carbocycles. The van der Waals surface area contributed by atoms with Crippen LogP contribution < -0.4 is 15.0 Å². The van der Waals surface area contributed by atoms with E-state index in [-0.39, 0.29) is 6.03 Å². The molecule has 1 aliphatic rings. The number of aryl methyl sites for hydroxylation is 2. The molecule has 5 heteroatoms. The van der Waals surface area contributed by atoms with Gasteiger partial charge in [0.05, 0.1) is 12.3 Å². The number of ether oxygens (including phenoxy) is 1. The molecule has 0 atom stereocenters. The average Bonchev–Trinajstić information content (AvgIpc) is 2.62. The summed E-state index contributed by atoms with van der Waals surface area (Å²) >= 11 is 0. The van der Waals surface area contributed by atoms with Crippen LogP contribution in [-0.4, -0.2) is 43.7 Å². The maximum Gasteiger partial charge on any atom is 0.321 e. The molecule has 1 N–H and O–H groups in total. The Bertz CT molecular complexity index is 747. The molecule has 0 aromatic heterocycles. The number of amides is 2. The van der Waals surface area contributed by atoms with Crippen LogP contribution in [0.25, 0.3) is 0 Å². The van der Waals surface area contributed by atoms with Crippen molar-refractivity contribution >= 4 is 17.4 Å². The van der Waals surface area contributed by atoms with E-state index in [0.29, 0.717) is 19.7 Å². The number of rotatable bonds is 4. The van der Waals surface area contributed by atoms with Crippen molar-refractivity contribution in [3.63, 3.8) is 0 Å². The summed E-state index contributed by atoms with van der Waals surface area (Å²) in [6.45, 7) is 9.69. The van der Waals surface area contributed by atoms with E-state index in [2.05, 4.69) is 22.3 Å².